The first-order valence-electron chi connectivity index (χ1n) is 6.79. The van der Waals surface area contributed by atoms with E-state index in [-0.39, 0.29) is 5.75 Å². The molecule has 0 aliphatic rings. The van der Waals surface area contributed by atoms with Crippen LogP contribution < -0.4 is 0 Å². The van der Waals surface area contributed by atoms with Crippen molar-refractivity contribution in [3.8, 4) is 11.1 Å². The van der Waals surface area contributed by atoms with Crippen molar-refractivity contribution in [2.45, 2.75) is 18.7 Å². The Balaban J connectivity index is 2.03. The molecule has 108 valence electrons. The third-order valence-electron chi connectivity index (χ3n) is 3.67. The van der Waals surface area contributed by atoms with Crippen molar-refractivity contribution in [3.05, 3.63) is 48.2 Å². The number of fused-ring (bicyclic) bond motifs is 1. The van der Waals surface area contributed by atoms with Crippen LogP contribution >= 0.6 is 0 Å². The average molecular weight is 300 g/mol. The van der Waals surface area contributed by atoms with E-state index >= 15 is 0 Å². The van der Waals surface area contributed by atoms with Crippen molar-refractivity contribution >= 4 is 20.7 Å². The molecule has 1 aromatic heterocycles. The normalized spacial score (nSPS) is 11.9. The standard InChI is InChI=1S/C16H16N2O2S/c1-3-21(19,20)14-7-4-12(5-8-14)13-6-9-15-11(2)17-18-16(15)10-13/h4-10H,3H2,1-2H3,(H,17,18). The van der Waals surface area contributed by atoms with E-state index in [9.17, 15) is 8.42 Å². The Hall–Kier alpha value is -2.14. The molecule has 3 aromatic rings. The van der Waals surface area contributed by atoms with Crippen molar-refractivity contribution in [2.75, 3.05) is 5.75 Å². The molecule has 0 aliphatic carbocycles. The van der Waals surface area contributed by atoms with Gasteiger partial charge < -0.3 is 0 Å². The third-order valence-corrected chi connectivity index (χ3v) is 5.42. The molecule has 3 rings (SSSR count). The molecule has 0 unspecified atom stereocenters. The number of hydrogen-bond donors (Lipinski definition) is 1. The summed E-state index contributed by atoms with van der Waals surface area (Å²) in [6.07, 6.45) is 0. The summed E-state index contributed by atoms with van der Waals surface area (Å²) in [7, 11) is -3.15. The first-order valence-corrected chi connectivity index (χ1v) is 8.44. The Morgan fingerprint density at radius 2 is 1.71 bits per heavy atom. The predicted molar refractivity (Wildman–Crippen MR) is 84.0 cm³/mol. The lowest BCUT2D eigenvalue weighted by Crippen LogP contribution is -2.03. The van der Waals surface area contributed by atoms with Crippen LogP contribution in [-0.4, -0.2) is 24.4 Å². The Kier molecular flexibility index (Phi) is 3.29. The second kappa shape index (κ2) is 5.00. The van der Waals surface area contributed by atoms with Gasteiger partial charge in [0.05, 0.1) is 16.2 Å². The van der Waals surface area contributed by atoms with Crippen molar-refractivity contribution in [1.29, 1.82) is 0 Å². The fourth-order valence-electron chi connectivity index (χ4n) is 2.35. The van der Waals surface area contributed by atoms with Gasteiger partial charge in [0.2, 0.25) is 0 Å². The lowest BCUT2D eigenvalue weighted by atomic mass is 10.0. The minimum absolute atomic E-state index is 0.116. The Labute approximate surface area is 123 Å². The molecule has 0 saturated heterocycles. The van der Waals surface area contributed by atoms with Gasteiger partial charge in [-0.15, -0.1) is 0 Å². The van der Waals surface area contributed by atoms with E-state index in [2.05, 4.69) is 10.2 Å². The molecule has 0 fully saturated rings. The zero-order chi connectivity index (χ0) is 15.0. The van der Waals surface area contributed by atoms with Gasteiger partial charge in [-0.3, -0.25) is 5.10 Å². The molecule has 2 aromatic carbocycles. The van der Waals surface area contributed by atoms with Crippen molar-refractivity contribution < 1.29 is 8.42 Å². The van der Waals surface area contributed by atoms with Crippen molar-refractivity contribution in [2.24, 2.45) is 0 Å². The quantitative estimate of drug-likeness (QED) is 0.807. The highest BCUT2D eigenvalue weighted by molar-refractivity contribution is 7.91. The van der Waals surface area contributed by atoms with Gasteiger partial charge >= 0.3 is 0 Å². The summed E-state index contributed by atoms with van der Waals surface area (Å²) in [6.45, 7) is 3.64. The number of rotatable bonds is 3. The van der Waals surface area contributed by atoms with E-state index in [0.717, 1.165) is 27.7 Å². The molecule has 1 heterocycles. The molecule has 0 atom stereocenters. The maximum absolute atomic E-state index is 11.8. The van der Waals surface area contributed by atoms with Gasteiger partial charge in [-0.05, 0) is 36.2 Å². The molecule has 0 saturated carbocycles. The molecule has 0 amide bonds. The Morgan fingerprint density at radius 1 is 1.05 bits per heavy atom. The second-order valence-corrected chi connectivity index (χ2v) is 7.29. The Bertz CT molecular complexity index is 894. The molecule has 0 aliphatic heterocycles. The van der Waals surface area contributed by atoms with E-state index < -0.39 is 9.84 Å². The largest absolute Gasteiger partial charge is 0.282 e. The number of aromatic amines is 1. The number of hydrogen-bond acceptors (Lipinski definition) is 3. The van der Waals surface area contributed by atoms with E-state index in [0.29, 0.717) is 4.90 Å². The first kappa shape index (κ1) is 13.8. The van der Waals surface area contributed by atoms with Crippen LogP contribution in [0.25, 0.3) is 22.0 Å². The zero-order valence-electron chi connectivity index (χ0n) is 11.9. The van der Waals surface area contributed by atoms with E-state index in [1.165, 1.54) is 0 Å². The highest BCUT2D eigenvalue weighted by Gasteiger charge is 2.11. The monoisotopic (exact) mass is 300 g/mol. The van der Waals surface area contributed by atoms with Gasteiger partial charge in [0.1, 0.15) is 0 Å². The van der Waals surface area contributed by atoms with Crippen molar-refractivity contribution in [3.63, 3.8) is 0 Å². The maximum atomic E-state index is 11.8. The first-order chi connectivity index (χ1) is 10.0. The van der Waals surface area contributed by atoms with Gasteiger partial charge in [-0.1, -0.05) is 31.2 Å². The van der Waals surface area contributed by atoms with Crippen LogP contribution in [0.3, 0.4) is 0 Å². The number of H-pyrrole nitrogens is 1. The summed E-state index contributed by atoms with van der Waals surface area (Å²) in [5.41, 5.74) is 3.96. The predicted octanol–water partition coefficient (Wildman–Crippen LogP) is 3.33. The zero-order valence-corrected chi connectivity index (χ0v) is 12.7. The molecular formula is C16H16N2O2S. The molecule has 5 heteroatoms. The molecule has 4 nitrogen and oxygen atoms in total. The fourth-order valence-corrected chi connectivity index (χ4v) is 3.23. The van der Waals surface area contributed by atoms with Crippen LogP contribution in [0.4, 0.5) is 0 Å². The average Bonchev–Trinajstić information content (AvgIpc) is 2.88. The van der Waals surface area contributed by atoms with Crippen molar-refractivity contribution in [1.82, 2.24) is 10.2 Å². The van der Waals surface area contributed by atoms with Crippen LogP contribution in [-0.2, 0) is 9.84 Å². The lowest BCUT2D eigenvalue weighted by Gasteiger charge is -2.05. The molecule has 0 spiro atoms. The van der Waals surface area contributed by atoms with E-state index in [1.54, 1.807) is 19.1 Å². The summed E-state index contributed by atoms with van der Waals surface area (Å²) < 4.78 is 23.6. The smallest absolute Gasteiger partial charge is 0.178 e. The van der Waals surface area contributed by atoms with Gasteiger partial charge in [0, 0.05) is 11.1 Å². The molecule has 21 heavy (non-hydrogen) atoms. The number of benzene rings is 2. The fraction of sp³-hybridized carbons (Fsp3) is 0.188. The lowest BCUT2D eigenvalue weighted by molar-refractivity contribution is 0.597. The SMILES string of the molecule is CCS(=O)(=O)c1ccc(-c2ccc3c(C)[nH]nc3c2)cc1. The second-order valence-electron chi connectivity index (χ2n) is 5.01. The number of nitrogens with zero attached hydrogens (tertiary/aromatic N) is 1. The number of aromatic nitrogens is 2. The number of aryl methyl sites for hydroxylation is 1. The van der Waals surface area contributed by atoms with Crippen LogP contribution in [0, 0.1) is 6.92 Å². The Morgan fingerprint density at radius 3 is 2.38 bits per heavy atom. The number of sulfone groups is 1. The minimum Gasteiger partial charge on any atom is -0.282 e. The van der Waals surface area contributed by atoms with Crippen LogP contribution in [0.2, 0.25) is 0 Å². The van der Waals surface area contributed by atoms with Gasteiger partial charge in [0.15, 0.2) is 9.84 Å². The van der Waals surface area contributed by atoms with Crippen LogP contribution in [0.15, 0.2) is 47.4 Å². The summed E-state index contributed by atoms with van der Waals surface area (Å²) in [5, 5.41) is 8.32. The van der Waals surface area contributed by atoms with Crippen LogP contribution in [0.1, 0.15) is 12.6 Å². The highest BCUT2D eigenvalue weighted by Crippen LogP contribution is 2.26. The third kappa shape index (κ3) is 2.45. The highest BCUT2D eigenvalue weighted by atomic mass is 32.2. The summed E-state index contributed by atoms with van der Waals surface area (Å²) >= 11 is 0. The maximum Gasteiger partial charge on any atom is 0.178 e. The van der Waals surface area contributed by atoms with Gasteiger partial charge in [-0.25, -0.2) is 8.42 Å². The van der Waals surface area contributed by atoms with Crippen LogP contribution in [0.5, 0.6) is 0 Å². The summed E-state index contributed by atoms with van der Waals surface area (Å²) in [5.74, 6) is 0.116. The van der Waals surface area contributed by atoms with Gasteiger partial charge in [-0.2, -0.15) is 5.10 Å². The molecule has 0 bridgehead atoms. The topological polar surface area (TPSA) is 62.8 Å². The molecule has 0 radical (unpaired) electrons. The minimum atomic E-state index is -3.15. The molecular weight excluding hydrogens is 284 g/mol. The summed E-state index contributed by atoms with van der Waals surface area (Å²) in [4.78, 5) is 0.366. The molecule has 1 N–H and O–H groups in total. The van der Waals surface area contributed by atoms with Gasteiger partial charge in [0.25, 0.3) is 0 Å². The number of nitrogens with one attached hydrogen (secondary N) is 1. The van der Waals surface area contributed by atoms with E-state index in [1.807, 2.05) is 37.3 Å². The van der Waals surface area contributed by atoms with E-state index in [4.69, 9.17) is 0 Å². The summed E-state index contributed by atoms with van der Waals surface area (Å²) in [6, 6.07) is 13.0.